The number of anilines is 1. The maximum atomic E-state index is 15.6. The third-order valence-corrected chi connectivity index (χ3v) is 8.00. The average molecular weight is 660 g/mol. The lowest BCUT2D eigenvalue weighted by Crippen LogP contribution is -2.31. The molecule has 0 aliphatic heterocycles. The summed E-state index contributed by atoms with van der Waals surface area (Å²) in [5, 5.41) is 12.6. The number of halogens is 2. The van der Waals surface area contributed by atoms with Gasteiger partial charge in [-0.05, 0) is 68.3 Å². The first kappa shape index (κ1) is 32.2. The van der Waals surface area contributed by atoms with Crippen molar-refractivity contribution >= 4 is 44.1 Å². The van der Waals surface area contributed by atoms with Crippen molar-refractivity contribution in [1.29, 1.82) is 5.26 Å². The van der Waals surface area contributed by atoms with E-state index in [1.807, 2.05) is 23.8 Å². The minimum Gasteiger partial charge on any atom is -0.377 e. The lowest BCUT2D eigenvalue weighted by Gasteiger charge is -2.20. The molecule has 1 atom stereocenters. The molecule has 0 radical (unpaired) electrons. The Labute approximate surface area is 268 Å². The zero-order valence-electron chi connectivity index (χ0n) is 25.3. The summed E-state index contributed by atoms with van der Waals surface area (Å²) in [6, 6.07) is 14.0. The highest BCUT2D eigenvalue weighted by Gasteiger charge is 2.22. The average Bonchev–Trinajstić information content (AvgIpc) is 2.99. The Morgan fingerprint density at radius 3 is 2.50 bits per heavy atom. The summed E-state index contributed by atoms with van der Waals surface area (Å²) >= 11 is 6.01. The van der Waals surface area contributed by atoms with Crippen LogP contribution in [0.3, 0.4) is 0 Å². The highest BCUT2D eigenvalue weighted by Crippen LogP contribution is 2.31. The van der Waals surface area contributed by atoms with E-state index in [2.05, 4.69) is 15.3 Å². The standard InChI is InChI=1S/C32H27ClFN7O4S/c1-16-10-22(18(3)37-25-8-9-26(33)38-29(25)31(42)40-46(5,44)45)28-23(11-16)32(43)41(4)30(39-28)20-6-7-21(24(34)13-20)27-17(2)12-19(14-35)15-36-27/h6-13,15,18,37H,1-5H3,(H,40,42)/t18-/m1/s1. The van der Waals surface area contributed by atoms with Crippen molar-refractivity contribution in [2.45, 2.75) is 26.8 Å². The Hall–Kier alpha value is -5.19. The third kappa shape index (κ3) is 6.44. The normalized spacial score (nSPS) is 12.0. The van der Waals surface area contributed by atoms with Crippen LogP contribution in [0.4, 0.5) is 10.1 Å². The van der Waals surface area contributed by atoms with Gasteiger partial charge in [-0.15, -0.1) is 0 Å². The highest BCUT2D eigenvalue weighted by molar-refractivity contribution is 7.89. The van der Waals surface area contributed by atoms with E-state index in [0.29, 0.717) is 38.9 Å². The summed E-state index contributed by atoms with van der Waals surface area (Å²) in [6.45, 7) is 5.34. The van der Waals surface area contributed by atoms with Crippen molar-refractivity contribution in [3.8, 4) is 28.7 Å². The molecular weight excluding hydrogens is 633 g/mol. The molecule has 0 bridgehead atoms. The molecule has 14 heteroatoms. The number of nitrogens with one attached hydrogen (secondary N) is 2. The second-order valence-corrected chi connectivity index (χ2v) is 13.0. The second-order valence-electron chi connectivity index (χ2n) is 10.8. The van der Waals surface area contributed by atoms with Gasteiger partial charge in [0.1, 0.15) is 22.9 Å². The van der Waals surface area contributed by atoms with Crippen LogP contribution in [0.15, 0.2) is 59.5 Å². The number of nitriles is 1. The molecule has 0 saturated heterocycles. The van der Waals surface area contributed by atoms with Crippen LogP contribution < -0.4 is 15.6 Å². The zero-order chi connectivity index (χ0) is 33.5. The van der Waals surface area contributed by atoms with Gasteiger partial charge in [-0.25, -0.2) is 27.5 Å². The molecule has 0 aliphatic carbocycles. The van der Waals surface area contributed by atoms with Crippen molar-refractivity contribution < 1.29 is 17.6 Å². The predicted octanol–water partition coefficient (Wildman–Crippen LogP) is 5.20. The molecule has 5 rings (SSSR count). The molecule has 1 amide bonds. The number of amides is 1. The number of aryl methyl sites for hydroxylation is 2. The van der Waals surface area contributed by atoms with Crippen LogP contribution in [0.1, 0.15) is 45.7 Å². The van der Waals surface area contributed by atoms with Gasteiger partial charge in [0.15, 0.2) is 5.69 Å². The fraction of sp³-hybridized carbons (Fsp3) is 0.188. The molecule has 3 aromatic heterocycles. The Morgan fingerprint density at radius 2 is 1.85 bits per heavy atom. The van der Waals surface area contributed by atoms with Crippen LogP contribution in [0, 0.1) is 31.0 Å². The number of hydrogen-bond donors (Lipinski definition) is 2. The first-order valence-electron chi connectivity index (χ1n) is 13.8. The topological polar surface area (TPSA) is 160 Å². The number of carbonyl (C=O) groups is 1. The van der Waals surface area contributed by atoms with Crippen LogP contribution in [-0.2, 0) is 17.1 Å². The number of pyridine rings is 2. The molecule has 5 aromatic rings. The molecule has 0 fully saturated rings. The first-order chi connectivity index (χ1) is 21.7. The van der Waals surface area contributed by atoms with E-state index in [4.69, 9.17) is 21.8 Å². The minimum atomic E-state index is -3.88. The number of fused-ring (bicyclic) bond motifs is 1. The molecule has 11 nitrogen and oxygen atoms in total. The van der Waals surface area contributed by atoms with E-state index in [-0.39, 0.29) is 33.5 Å². The summed E-state index contributed by atoms with van der Waals surface area (Å²) in [5.41, 5.74) is 3.29. The number of sulfonamides is 1. The number of benzene rings is 2. The van der Waals surface area contributed by atoms with Crippen molar-refractivity contribution in [2.24, 2.45) is 7.05 Å². The molecule has 0 spiro atoms. The number of hydrogen-bond acceptors (Lipinski definition) is 9. The van der Waals surface area contributed by atoms with E-state index in [1.54, 1.807) is 45.2 Å². The van der Waals surface area contributed by atoms with Crippen LogP contribution in [0.5, 0.6) is 0 Å². The minimum absolute atomic E-state index is 0.0176. The quantitative estimate of drug-likeness (QED) is 0.224. The molecular formula is C32H27ClFN7O4S. The number of carbonyl (C=O) groups excluding carboxylic acids is 1. The molecule has 234 valence electrons. The molecule has 3 heterocycles. The largest absolute Gasteiger partial charge is 0.377 e. The number of rotatable bonds is 7. The highest BCUT2D eigenvalue weighted by atomic mass is 35.5. The fourth-order valence-electron chi connectivity index (χ4n) is 5.16. The maximum absolute atomic E-state index is 15.6. The van der Waals surface area contributed by atoms with Gasteiger partial charge in [0.25, 0.3) is 11.5 Å². The van der Waals surface area contributed by atoms with Gasteiger partial charge in [0.2, 0.25) is 10.0 Å². The smallest absolute Gasteiger partial charge is 0.285 e. The van der Waals surface area contributed by atoms with Gasteiger partial charge in [-0.2, -0.15) is 5.26 Å². The van der Waals surface area contributed by atoms with E-state index < -0.39 is 27.8 Å². The number of aromatic nitrogens is 4. The van der Waals surface area contributed by atoms with Gasteiger partial charge in [0, 0.05) is 29.9 Å². The second kappa shape index (κ2) is 12.3. The predicted molar refractivity (Wildman–Crippen MR) is 173 cm³/mol. The number of nitrogens with zero attached hydrogens (tertiary/aromatic N) is 5. The Morgan fingerprint density at radius 1 is 1.11 bits per heavy atom. The fourth-order valence-corrected chi connectivity index (χ4v) is 5.74. The lowest BCUT2D eigenvalue weighted by molar-refractivity contribution is 0.0977. The van der Waals surface area contributed by atoms with Gasteiger partial charge < -0.3 is 5.32 Å². The van der Waals surface area contributed by atoms with Crippen LogP contribution >= 0.6 is 11.6 Å². The van der Waals surface area contributed by atoms with Gasteiger partial charge in [-0.1, -0.05) is 23.7 Å². The van der Waals surface area contributed by atoms with Crippen LogP contribution in [0.25, 0.3) is 33.5 Å². The van der Waals surface area contributed by atoms with Gasteiger partial charge >= 0.3 is 0 Å². The van der Waals surface area contributed by atoms with Crippen molar-refractivity contribution in [3.05, 3.63) is 104 Å². The van der Waals surface area contributed by atoms with Crippen LogP contribution in [0.2, 0.25) is 5.15 Å². The monoisotopic (exact) mass is 659 g/mol. The summed E-state index contributed by atoms with van der Waals surface area (Å²) in [4.78, 5) is 39.5. The Kier molecular flexibility index (Phi) is 8.62. The van der Waals surface area contributed by atoms with Gasteiger partial charge in [0.05, 0.1) is 40.1 Å². The maximum Gasteiger partial charge on any atom is 0.285 e. The zero-order valence-corrected chi connectivity index (χ0v) is 26.9. The summed E-state index contributed by atoms with van der Waals surface area (Å²) in [5.74, 6) is -1.34. The van der Waals surface area contributed by atoms with E-state index in [9.17, 15) is 18.0 Å². The van der Waals surface area contributed by atoms with E-state index in [1.165, 1.54) is 29.0 Å². The Bertz CT molecular complexity index is 2280. The molecule has 0 saturated carbocycles. The summed E-state index contributed by atoms with van der Waals surface area (Å²) in [6.07, 6.45) is 2.22. The van der Waals surface area contributed by atoms with E-state index in [0.717, 1.165) is 11.8 Å². The summed E-state index contributed by atoms with van der Waals surface area (Å²) < 4.78 is 42.2. The van der Waals surface area contributed by atoms with Crippen molar-refractivity contribution in [2.75, 3.05) is 11.6 Å². The lowest BCUT2D eigenvalue weighted by atomic mass is 10.00. The van der Waals surface area contributed by atoms with Crippen molar-refractivity contribution in [3.63, 3.8) is 0 Å². The molecule has 2 N–H and O–H groups in total. The molecule has 2 aromatic carbocycles. The van der Waals surface area contributed by atoms with E-state index >= 15 is 4.39 Å². The van der Waals surface area contributed by atoms with Crippen molar-refractivity contribution in [1.82, 2.24) is 24.2 Å². The summed E-state index contributed by atoms with van der Waals surface area (Å²) in [7, 11) is -2.33. The SMILES string of the molecule is Cc1cc([C@@H](C)Nc2ccc(Cl)nc2C(=O)NS(C)(=O)=O)c2nc(-c3ccc(-c4ncc(C#N)cc4C)c(F)c3)n(C)c(=O)c2c1. The molecule has 46 heavy (non-hydrogen) atoms. The third-order valence-electron chi connectivity index (χ3n) is 7.24. The van der Waals surface area contributed by atoms with Gasteiger partial charge in [-0.3, -0.25) is 19.1 Å². The Balaban J connectivity index is 1.60. The molecule has 0 aliphatic rings. The van der Waals surface area contributed by atoms with Crippen LogP contribution in [-0.4, -0.2) is 40.1 Å². The molecule has 0 unspecified atom stereocenters. The first-order valence-corrected chi connectivity index (χ1v) is 16.1.